The van der Waals surface area contributed by atoms with Crippen molar-refractivity contribution in [1.82, 2.24) is 0 Å². The zero-order chi connectivity index (χ0) is 19.1. The standard InChI is InChI=1S/C24H42O2/c1-2-3-4-5-6-7-8-9-10-11-12-13-14-15-16-17-18-19-20-21-22-23-24(25)26/h18-23H,2-17H2,1H3,(H,25,26). The molecule has 0 aromatic carbocycles. The summed E-state index contributed by atoms with van der Waals surface area (Å²) < 4.78 is 0. The van der Waals surface area contributed by atoms with E-state index in [1.165, 1.54) is 96.3 Å². The fraction of sp³-hybridized carbons (Fsp3) is 0.708. The van der Waals surface area contributed by atoms with E-state index in [0.29, 0.717) is 0 Å². The lowest BCUT2D eigenvalue weighted by Crippen LogP contribution is -1.84. The predicted octanol–water partition coefficient (Wildman–Crippen LogP) is 8.00. The number of unbranched alkanes of at least 4 members (excludes halogenated alkanes) is 15. The third-order valence-electron chi connectivity index (χ3n) is 4.68. The van der Waals surface area contributed by atoms with Crippen molar-refractivity contribution in [1.29, 1.82) is 0 Å². The van der Waals surface area contributed by atoms with E-state index in [1.54, 1.807) is 12.2 Å². The first-order chi connectivity index (χ1) is 12.8. The summed E-state index contributed by atoms with van der Waals surface area (Å²) in [7, 11) is 0. The monoisotopic (exact) mass is 362 g/mol. The molecular weight excluding hydrogens is 320 g/mol. The van der Waals surface area contributed by atoms with Crippen LogP contribution in [0, 0.1) is 0 Å². The van der Waals surface area contributed by atoms with Gasteiger partial charge in [0.1, 0.15) is 0 Å². The highest BCUT2D eigenvalue weighted by atomic mass is 16.4. The van der Waals surface area contributed by atoms with Crippen LogP contribution in [0.2, 0.25) is 0 Å². The third kappa shape index (κ3) is 22.7. The molecule has 0 atom stereocenters. The van der Waals surface area contributed by atoms with Gasteiger partial charge in [-0.1, -0.05) is 127 Å². The molecule has 0 heterocycles. The molecule has 0 bridgehead atoms. The summed E-state index contributed by atoms with van der Waals surface area (Å²) in [6.45, 7) is 2.28. The minimum absolute atomic E-state index is 0.906. The zero-order valence-electron chi connectivity index (χ0n) is 17.1. The van der Waals surface area contributed by atoms with Gasteiger partial charge < -0.3 is 5.11 Å². The average molecular weight is 363 g/mol. The highest BCUT2D eigenvalue weighted by molar-refractivity contribution is 5.80. The van der Waals surface area contributed by atoms with Crippen molar-refractivity contribution in [3.63, 3.8) is 0 Å². The molecule has 2 heteroatoms. The molecule has 0 saturated carbocycles. The first-order valence-corrected chi connectivity index (χ1v) is 11.0. The van der Waals surface area contributed by atoms with Gasteiger partial charge in [0.2, 0.25) is 0 Å². The SMILES string of the molecule is CCCCCCCCCCCCCCCCCC=CC=CC=CC(=O)O. The topological polar surface area (TPSA) is 37.3 Å². The van der Waals surface area contributed by atoms with Crippen LogP contribution in [0.3, 0.4) is 0 Å². The van der Waals surface area contributed by atoms with Gasteiger partial charge in [-0.3, -0.25) is 0 Å². The van der Waals surface area contributed by atoms with Gasteiger partial charge in [-0.25, -0.2) is 4.79 Å². The van der Waals surface area contributed by atoms with Crippen molar-refractivity contribution in [2.45, 2.75) is 110 Å². The Morgan fingerprint density at radius 1 is 0.615 bits per heavy atom. The lowest BCUT2D eigenvalue weighted by Gasteiger charge is -2.03. The maximum absolute atomic E-state index is 10.3. The molecular formula is C24H42O2. The van der Waals surface area contributed by atoms with Crippen LogP contribution in [0.25, 0.3) is 0 Å². The highest BCUT2D eigenvalue weighted by Crippen LogP contribution is 2.13. The fourth-order valence-electron chi connectivity index (χ4n) is 3.07. The smallest absolute Gasteiger partial charge is 0.328 e. The number of rotatable bonds is 19. The van der Waals surface area contributed by atoms with E-state index >= 15 is 0 Å². The summed E-state index contributed by atoms with van der Waals surface area (Å²) in [6, 6.07) is 0. The molecule has 150 valence electrons. The highest BCUT2D eigenvalue weighted by Gasteiger charge is 1.94. The van der Waals surface area contributed by atoms with Gasteiger partial charge >= 0.3 is 5.97 Å². The summed E-state index contributed by atoms with van der Waals surface area (Å²) in [5.74, 6) is -0.906. The van der Waals surface area contributed by atoms with Gasteiger partial charge in [-0.15, -0.1) is 0 Å². The Balaban J connectivity index is 3.16. The van der Waals surface area contributed by atoms with Gasteiger partial charge in [-0.2, -0.15) is 0 Å². The Hall–Kier alpha value is -1.31. The molecule has 1 N–H and O–H groups in total. The maximum Gasteiger partial charge on any atom is 0.328 e. The van der Waals surface area contributed by atoms with Crippen molar-refractivity contribution in [2.75, 3.05) is 0 Å². The van der Waals surface area contributed by atoms with E-state index in [0.717, 1.165) is 12.5 Å². The summed E-state index contributed by atoms with van der Waals surface area (Å²) in [5, 5.41) is 8.43. The molecule has 26 heavy (non-hydrogen) atoms. The van der Waals surface area contributed by atoms with Crippen LogP contribution in [0.5, 0.6) is 0 Å². The number of hydrogen-bond acceptors (Lipinski definition) is 1. The van der Waals surface area contributed by atoms with E-state index in [-0.39, 0.29) is 0 Å². The molecule has 0 aromatic rings. The Labute approximate surface area is 162 Å². The number of aliphatic carboxylic acids is 1. The van der Waals surface area contributed by atoms with Crippen molar-refractivity contribution in [3.8, 4) is 0 Å². The van der Waals surface area contributed by atoms with E-state index in [1.807, 2.05) is 12.2 Å². The van der Waals surface area contributed by atoms with E-state index in [9.17, 15) is 4.79 Å². The minimum atomic E-state index is -0.906. The lowest BCUT2D eigenvalue weighted by molar-refractivity contribution is -0.131. The summed E-state index contributed by atoms with van der Waals surface area (Å²) in [5.41, 5.74) is 0. The van der Waals surface area contributed by atoms with Crippen LogP contribution in [-0.2, 0) is 4.79 Å². The van der Waals surface area contributed by atoms with E-state index < -0.39 is 5.97 Å². The minimum Gasteiger partial charge on any atom is -0.478 e. The van der Waals surface area contributed by atoms with Crippen molar-refractivity contribution in [2.24, 2.45) is 0 Å². The summed E-state index contributed by atoms with van der Waals surface area (Å²) in [4.78, 5) is 10.3. The van der Waals surface area contributed by atoms with Gasteiger partial charge in [0.05, 0.1) is 0 Å². The summed E-state index contributed by atoms with van der Waals surface area (Å²) >= 11 is 0. The lowest BCUT2D eigenvalue weighted by atomic mass is 10.0. The quantitative estimate of drug-likeness (QED) is 0.143. The normalized spacial score (nSPS) is 12.0. The van der Waals surface area contributed by atoms with Crippen molar-refractivity contribution >= 4 is 5.97 Å². The third-order valence-corrected chi connectivity index (χ3v) is 4.68. The zero-order valence-corrected chi connectivity index (χ0v) is 17.1. The Kier molecular flexibility index (Phi) is 20.6. The number of carboxylic acids is 1. The molecule has 0 rings (SSSR count). The van der Waals surface area contributed by atoms with Gasteiger partial charge in [0, 0.05) is 6.08 Å². The van der Waals surface area contributed by atoms with Crippen LogP contribution < -0.4 is 0 Å². The Morgan fingerprint density at radius 3 is 1.50 bits per heavy atom. The molecule has 2 nitrogen and oxygen atoms in total. The molecule has 0 aliphatic heterocycles. The molecule has 0 fully saturated rings. The molecule has 0 radical (unpaired) electrons. The van der Waals surface area contributed by atoms with E-state index in [2.05, 4.69) is 13.0 Å². The molecule has 0 unspecified atom stereocenters. The summed E-state index contributed by atoms with van der Waals surface area (Å²) in [6.07, 6.45) is 32.6. The van der Waals surface area contributed by atoms with Crippen molar-refractivity contribution < 1.29 is 9.90 Å². The largest absolute Gasteiger partial charge is 0.478 e. The van der Waals surface area contributed by atoms with Gasteiger partial charge in [0.15, 0.2) is 0 Å². The van der Waals surface area contributed by atoms with Crippen molar-refractivity contribution in [3.05, 3.63) is 36.5 Å². The molecule has 0 spiro atoms. The van der Waals surface area contributed by atoms with Crippen LogP contribution >= 0.6 is 0 Å². The number of allylic oxidation sites excluding steroid dienone is 5. The molecule has 0 aliphatic carbocycles. The Morgan fingerprint density at radius 2 is 1.04 bits per heavy atom. The van der Waals surface area contributed by atoms with Gasteiger partial charge in [-0.05, 0) is 12.8 Å². The second-order valence-electron chi connectivity index (χ2n) is 7.25. The Bertz CT molecular complexity index is 380. The second-order valence-corrected chi connectivity index (χ2v) is 7.25. The average Bonchev–Trinajstić information content (AvgIpc) is 2.62. The molecule has 0 amide bonds. The predicted molar refractivity (Wildman–Crippen MR) is 115 cm³/mol. The number of hydrogen-bond donors (Lipinski definition) is 1. The van der Waals surface area contributed by atoms with Crippen LogP contribution in [-0.4, -0.2) is 11.1 Å². The first-order valence-electron chi connectivity index (χ1n) is 11.0. The molecule has 0 aromatic heterocycles. The van der Waals surface area contributed by atoms with Crippen LogP contribution in [0.4, 0.5) is 0 Å². The fourth-order valence-corrected chi connectivity index (χ4v) is 3.07. The van der Waals surface area contributed by atoms with Crippen LogP contribution in [0.1, 0.15) is 110 Å². The number of carboxylic acid groups (broad SMARTS) is 1. The molecule has 0 aliphatic rings. The van der Waals surface area contributed by atoms with Crippen LogP contribution in [0.15, 0.2) is 36.5 Å². The maximum atomic E-state index is 10.3. The van der Waals surface area contributed by atoms with E-state index in [4.69, 9.17) is 5.11 Å². The first kappa shape index (κ1) is 24.7. The van der Waals surface area contributed by atoms with Gasteiger partial charge in [0.25, 0.3) is 0 Å². The molecule has 0 saturated heterocycles. The second kappa shape index (κ2) is 21.7. The number of carbonyl (C=O) groups is 1.